The summed E-state index contributed by atoms with van der Waals surface area (Å²) in [5, 5.41) is 0. The van der Waals surface area contributed by atoms with E-state index < -0.39 is 0 Å². The molecule has 16 heavy (non-hydrogen) atoms. The fourth-order valence-electron chi connectivity index (χ4n) is 2.33. The number of halogens is 1. The molecule has 0 aliphatic heterocycles. The molecule has 0 N–H and O–H groups in total. The van der Waals surface area contributed by atoms with Crippen LogP contribution < -0.4 is 0 Å². The minimum atomic E-state index is 0.334. The Balaban J connectivity index is 2.71. The lowest BCUT2D eigenvalue weighted by atomic mass is 9.93. The highest BCUT2D eigenvalue weighted by atomic mass is 127. The molecule has 0 saturated heterocycles. The van der Waals surface area contributed by atoms with Crippen LogP contribution in [-0.4, -0.2) is 21.7 Å². The van der Waals surface area contributed by atoms with Gasteiger partial charge < -0.3 is 4.99 Å². The van der Waals surface area contributed by atoms with Crippen LogP contribution in [0.1, 0.15) is 40.0 Å². The van der Waals surface area contributed by atoms with Crippen molar-refractivity contribution in [2.24, 2.45) is 16.8 Å². The standard InChI is InChI=1S/C14H24IN/c1-10(6-7-16-5)12(3)13-8-11(2)14(9-13)15-4/h10-11H,5-9H2,1-4H3/b13-12+. The topological polar surface area (TPSA) is 12.4 Å². The van der Waals surface area contributed by atoms with Gasteiger partial charge >= 0.3 is 0 Å². The lowest BCUT2D eigenvalue weighted by molar-refractivity contribution is 0.612. The monoisotopic (exact) mass is 333 g/mol. The molecule has 92 valence electrons. The van der Waals surface area contributed by atoms with Crippen molar-refractivity contribution < 1.29 is 0 Å². The molecule has 0 aromatic carbocycles. The molecule has 0 amide bonds. The molecule has 1 nitrogen and oxygen atoms in total. The summed E-state index contributed by atoms with van der Waals surface area (Å²) in [4.78, 5) is 6.36. The lowest BCUT2D eigenvalue weighted by Gasteiger charge is -2.14. The maximum Gasteiger partial charge on any atom is 0.0387 e. The molecule has 0 heterocycles. The summed E-state index contributed by atoms with van der Waals surface area (Å²) >= 11 is 0.334. The Morgan fingerprint density at radius 1 is 1.62 bits per heavy atom. The average Bonchev–Trinajstić information content (AvgIpc) is 2.66. The van der Waals surface area contributed by atoms with Gasteiger partial charge in [-0.05, 0) is 53.2 Å². The second kappa shape index (κ2) is 6.67. The first kappa shape index (κ1) is 14.1. The van der Waals surface area contributed by atoms with Gasteiger partial charge in [0.1, 0.15) is 0 Å². The van der Waals surface area contributed by atoms with Crippen LogP contribution in [0.2, 0.25) is 0 Å². The lowest BCUT2D eigenvalue weighted by Crippen LogP contribution is -2.01. The molecule has 1 aliphatic carbocycles. The van der Waals surface area contributed by atoms with Gasteiger partial charge in [0.15, 0.2) is 0 Å². The van der Waals surface area contributed by atoms with Crippen molar-refractivity contribution in [3.8, 4) is 0 Å². The van der Waals surface area contributed by atoms with E-state index in [9.17, 15) is 0 Å². The molecule has 0 radical (unpaired) electrons. The third-order valence-corrected chi connectivity index (χ3v) is 6.56. The minimum Gasteiger partial charge on any atom is -0.301 e. The van der Waals surface area contributed by atoms with Crippen molar-refractivity contribution in [3.05, 3.63) is 11.1 Å². The first-order chi connectivity index (χ1) is 7.60. The molecule has 0 aromatic heterocycles. The van der Waals surface area contributed by atoms with Crippen molar-refractivity contribution in [3.63, 3.8) is 0 Å². The van der Waals surface area contributed by atoms with Crippen molar-refractivity contribution in [2.45, 2.75) is 40.0 Å². The van der Waals surface area contributed by atoms with Gasteiger partial charge in [-0.2, -0.15) is 0 Å². The molecule has 0 aromatic rings. The molecule has 0 spiro atoms. The van der Waals surface area contributed by atoms with Crippen molar-refractivity contribution in [2.75, 3.05) is 11.5 Å². The molecule has 2 unspecified atom stereocenters. The van der Waals surface area contributed by atoms with Crippen LogP contribution >= 0.6 is 20.7 Å². The summed E-state index contributed by atoms with van der Waals surface area (Å²) in [6, 6.07) is 0. The number of allylic oxidation sites excluding steroid dienone is 2. The first-order valence-electron chi connectivity index (χ1n) is 6.06. The quantitative estimate of drug-likeness (QED) is 0.316. The molecule has 1 rings (SSSR count). The molecule has 2 atom stereocenters. The van der Waals surface area contributed by atoms with E-state index in [-0.39, 0.29) is 0 Å². The SMILES string of the molecule is C=NCCC(C)/C(C)=C1/CC(=IC)C(C)C1. The minimum absolute atomic E-state index is 0.334. The van der Waals surface area contributed by atoms with Gasteiger partial charge in [-0.15, -0.1) is 20.7 Å². The van der Waals surface area contributed by atoms with E-state index in [1.807, 2.05) is 3.51 Å². The first-order valence-corrected chi connectivity index (χ1v) is 9.29. The van der Waals surface area contributed by atoms with Gasteiger partial charge in [0.25, 0.3) is 0 Å². The Kier molecular flexibility index (Phi) is 5.87. The largest absolute Gasteiger partial charge is 0.301 e. The number of hydrogen-bond acceptors (Lipinski definition) is 1. The number of rotatable bonds is 4. The Hall–Kier alpha value is 0.01000. The highest BCUT2D eigenvalue weighted by Gasteiger charge is 2.23. The predicted octanol–water partition coefficient (Wildman–Crippen LogP) is 4.23. The van der Waals surface area contributed by atoms with Gasteiger partial charge in [-0.1, -0.05) is 25.0 Å². The van der Waals surface area contributed by atoms with E-state index in [0.717, 1.165) is 18.9 Å². The van der Waals surface area contributed by atoms with Gasteiger partial charge in [0, 0.05) is 6.54 Å². The third-order valence-electron chi connectivity index (χ3n) is 3.73. The summed E-state index contributed by atoms with van der Waals surface area (Å²) in [5.74, 6) is 1.54. The summed E-state index contributed by atoms with van der Waals surface area (Å²) in [6.45, 7) is 11.5. The van der Waals surface area contributed by atoms with E-state index >= 15 is 0 Å². The molecule has 1 aliphatic rings. The molecule has 1 fully saturated rings. The summed E-state index contributed by atoms with van der Waals surface area (Å²) in [6.07, 6.45) is 3.78. The average molecular weight is 333 g/mol. The second-order valence-electron chi connectivity index (χ2n) is 4.84. The van der Waals surface area contributed by atoms with Gasteiger partial charge in [0.2, 0.25) is 0 Å². The predicted molar refractivity (Wildman–Crippen MR) is 84.2 cm³/mol. The van der Waals surface area contributed by atoms with Crippen LogP contribution in [0.3, 0.4) is 0 Å². The maximum atomic E-state index is 3.96. The van der Waals surface area contributed by atoms with Crippen LogP contribution in [0.4, 0.5) is 0 Å². The summed E-state index contributed by atoms with van der Waals surface area (Å²) in [7, 11) is 0. The number of nitrogens with zero attached hydrogens (tertiary/aromatic N) is 1. The number of aliphatic imine (C=N–C) groups is 1. The Morgan fingerprint density at radius 3 is 2.81 bits per heavy atom. The highest BCUT2D eigenvalue weighted by Crippen LogP contribution is 2.35. The van der Waals surface area contributed by atoms with E-state index in [4.69, 9.17) is 0 Å². The maximum absolute atomic E-state index is 3.96. The van der Waals surface area contributed by atoms with E-state index in [1.54, 1.807) is 11.1 Å². The van der Waals surface area contributed by atoms with Crippen LogP contribution in [0.25, 0.3) is 0 Å². The Labute approximate surface area is 110 Å². The van der Waals surface area contributed by atoms with Gasteiger partial charge in [-0.25, -0.2) is 0 Å². The van der Waals surface area contributed by atoms with Crippen molar-refractivity contribution in [1.82, 2.24) is 0 Å². The molecule has 1 saturated carbocycles. The van der Waals surface area contributed by atoms with E-state index in [2.05, 4.69) is 37.4 Å². The van der Waals surface area contributed by atoms with Crippen LogP contribution in [0.5, 0.6) is 0 Å². The van der Waals surface area contributed by atoms with Gasteiger partial charge in [0.05, 0.1) is 0 Å². The van der Waals surface area contributed by atoms with Crippen molar-refractivity contribution >= 4 is 31.0 Å². The molecule has 2 heteroatoms. The van der Waals surface area contributed by atoms with E-state index in [0.29, 0.717) is 26.6 Å². The molecular weight excluding hydrogens is 309 g/mol. The second-order valence-corrected chi connectivity index (χ2v) is 7.31. The van der Waals surface area contributed by atoms with Crippen LogP contribution in [0, 0.1) is 11.8 Å². The fourth-order valence-corrected chi connectivity index (χ4v) is 4.46. The van der Waals surface area contributed by atoms with Gasteiger partial charge in [-0.3, -0.25) is 0 Å². The summed E-state index contributed by atoms with van der Waals surface area (Å²) < 4.78 is 1.85. The number of alkyl halides is 1. The van der Waals surface area contributed by atoms with Crippen LogP contribution in [0.15, 0.2) is 16.1 Å². The molecule has 0 bridgehead atoms. The highest BCUT2D eigenvalue weighted by molar-refractivity contribution is 14.2. The Bertz CT molecular complexity index is 315. The van der Waals surface area contributed by atoms with Crippen LogP contribution in [-0.2, 0) is 0 Å². The third kappa shape index (κ3) is 3.51. The molecular formula is C14H24IN. The zero-order valence-electron chi connectivity index (χ0n) is 11.0. The van der Waals surface area contributed by atoms with E-state index in [1.165, 1.54) is 12.8 Å². The normalized spacial score (nSPS) is 28.8. The zero-order valence-corrected chi connectivity index (χ0v) is 13.2. The summed E-state index contributed by atoms with van der Waals surface area (Å²) in [5.41, 5.74) is 3.35. The van der Waals surface area contributed by atoms with Crippen molar-refractivity contribution in [1.29, 1.82) is 0 Å². The number of hydrogen-bond donors (Lipinski definition) is 0. The Morgan fingerprint density at radius 2 is 2.31 bits per heavy atom. The smallest absolute Gasteiger partial charge is 0.0387 e. The zero-order chi connectivity index (χ0) is 12.1. The fraction of sp³-hybridized carbons (Fsp3) is 0.714.